The van der Waals surface area contributed by atoms with Crippen LogP contribution in [0.5, 0.6) is 0 Å². The molecule has 1 aromatic heterocycles. The van der Waals surface area contributed by atoms with Crippen molar-refractivity contribution in [1.29, 1.82) is 0 Å². The molecule has 6 heteroatoms. The number of likely N-dealkylation sites (N-methyl/N-ethyl adjacent to an activating group) is 1. The van der Waals surface area contributed by atoms with Gasteiger partial charge in [-0.1, -0.05) is 0 Å². The van der Waals surface area contributed by atoms with E-state index in [-0.39, 0.29) is 24.8 Å². The van der Waals surface area contributed by atoms with E-state index in [1.54, 1.807) is 0 Å². The zero-order valence-electron chi connectivity index (χ0n) is 11.2. The molecule has 2 rings (SSSR count). The van der Waals surface area contributed by atoms with Gasteiger partial charge < -0.3 is 5.73 Å². The van der Waals surface area contributed by atoms with Gasteiger partial charge >= 0.3 is 0 Å². The van der Waals surface area contributed by atoms with Crippen molar-refractivity contribution in [3.8, 4) is 0 Å². The Balaban J connectivity index is 0.00000144. The van der Waals surface area contributed by atoms with Crippen LogP contribution in [0.15, 0.2) is 0 Å². The van der Waals surface area contributed by atoms with Crippen LogP contribution in [0.1, 0.15) is 28.4 Å². The maximum absolute atomic E-state index is 5.86. The molecule has 1 saturated carbocycles. The van der Waals surface area contributed by atoms with Gasteiger partial charge in [0.2, 0.25) is 0 Å². The molecule has 0 spiro atoms. The smallest absolute Gasteiger partial charge is 0.0900 e. The summed E-state index contributed by atoms with van der Waals surface area (Å²) in [6.45, 7) is 5.94. The highest BCUT2D eigenvalue weighted by molar-refractivity contribution is 7.11. The van der Waals surface area contributed by atoms with Crippen LogP contribution < -0.4 is 5.73 Å². The molecule has 1 aliphatic rings. The van der Waals surface area contributed by atoms with Crippen LogP contribution >= 0.6 is 36.2 Å². The summed E-state index contributed by atoms with van der Waals surface area (Å²) in [5.41, 5.74) is 7.04. The number of nitrogens with two attached hydrogens (primary N) is 1. The van der Waals surface area contributed by atoms with Crippen LogP contribution in [-0.4, -0.2) is 29.5 Å². The third-order valence-corrected chi connectivity index (χ3v) is 4.42. The Morgan fingerprint density at radius 3 is 2.39 bits per heavy atom. The lowest BCUT2D eigenvalue weighted by Crippen LogP contribution is -2.39. The first-order chi connectivity index (χ1) is 7.61. The molecule has 0 bridgehead atoms. The third-order valence-electron chi connectivity index (χ3n) is 3.37. The quantitative estimate of drug-likeness (QED) is 0.909. The minimum absolute atomic E-state index is 0. The highest BCUT2D eigenvalue weighted by Crippen LogP contribution is 2.35. The average molecular weight is 312 g/mol. The topological polar surface area (TPSA) is 42.2 Å². The van der Waals surface area contributed by atoms with Crippen LogP contribution in [0.3, 0.4) is 0 Å². The molecule has 0 aliphatic heterocycles. The van der Waals surface area contributed by atoms with E-state index in [0.717, 1.165) is 24.0 Å². The average Bonchev–Trinajstić information content (AvgIpc) is 2.97. The van der Waals surface area contributed by atoms with E-state index in [1.807, 2.05) is 11.3 Å². The third kappa shape index (κ3) is 4.35. The fourth-order valence-corrected chi connectivity index (χ4v) is 3.28. The first-order valence-electron chi connectivity index (χ1n) is 5.95. The van der Waals surface area contributed by atoms with Gasteiger partial charge in [0.05, 0.1) is 10.7 Å². The summed E-state index contributed by atoms with van der Waals surface area (Å²) >= 11 is 1.81. The Morgan fingerprint density at radius 2 is 2.00 bits per heavy atom. The highest BCUT2D eigenvalue weighted by Gasteiger charge is 2.32. The molecule has 0 aromatic carbocycles. The zero-order chi connectivity index (χ0) is 11.7. The summed E-state index contributed by atoms with van der Waals surface area (Å²) in [6, 6.07) is 0.557. The second-order valence-corrected chi connectivity index (χ2v) is 6.08. The largest absolute Gasteiger partial charge is 0.329 e. The van der Waals surface area contributed by atoms with Gasteiger partial charge in [-0.15, -0.1) is 36.2 Å². The van der Waals surface area contributed by atoms with Gasteiger partial charge in [0.15, 0.2) is 0 Å². The van der Waals surface area contributed by atoms with Gasteiger partial charge in [0.25, 0.3) is 0 Å². The molecule has 0 amide bonds. The first kappa shape index (κ1) is 18.1. The minimum Gasteiger partial charge on any atom is -0.329 e. The molecule has 2 N–H and O–H groups in total. The van der Waals surface area contributed by atoms with Crippen molar-refractivity contribution in [3.05, 3.63) is 15.6 Å². The highest BCUT2D eigenvalue weighted by atomic mass is 35.5. The normalized spacial score (nSPS) is 16.1. The van der Waals surface area contributed by atoms with Crippen molar-refractivity contribution in [2.45, 2.75) is 39.3 Å². The number of nitrogens with zero attached hydrogens (tertiary/aromatic N) is 2. The van der Waals surface area contributed by atoms with Gasteiger partial charge in [-0.05, 0) is 39.7 Å². The lowest BCUT2D eigenvalue weighted by atomic mass is 10.1. The molecule has 0 saturated heterocycles. The van der Waals surface area contributed by atoms with Crippen LogP contribution in [0.2, 0.25) is 0 Å². The van der Waals surface area contributed by atoms with Gasteiger partial charge in [-0.2, -0.15) is 0 Å². The zero-order valence-corrected chi connectivity index (χ0v) is 13.6. The van der Waals surface area contributed by atoms with E-state index in [2.05, 4.69) is 30.8 Å². The number of halogens is 2. The molecule has 0 radical (unpaired) electrons. The Bertz CT molecular complexity index is 366. The van der Waals surface area contributed by atoms with Crippen molar-refractivity contribution < 1.29 is 0 Å². The maximum Gasteiger partial charge on any atom is 0.0900 e. The number of hydrogen-bond acceptors (Lipinski definition) is 4. The Kier molecular flexibility index (Phi) is 7.71. The van der Waals surface area contributed by atoms with E-state index in [9.17, 15) is 0 Å². The lowest BCUT2D eigenvalue weighted by molar-refractivity contribution is 0.217. The van der Waals surface area contributed by atoms with E-state index in [1.165, 1.54) is 23.4 Å². The molecular formula is C12H23Cl2N3S. The van der Waals surface area contributed by atoms with Crippen molar-refractivity contribution in [3.63, 3.8) is 0 Å². The monoisotopic (exact) mass is 311 g/mol. The van der Waals surface area contributed by atoms with Crippen LogP contribution in [0, 0.1) is 19.8 Å². The fraction of sp³-hybridized carbons (Fsp3) is 0.750. The standard InChI is InChI=1S/C12H21N3S.2ClH/c1-8-12(16-9(2)14-8)7-15(3)11(6-13)10-4-5-10;;/h10-11H,4-7,13H2,1-3H3;2*1H. The molecule has 1 atom stereocenters. The molecule has 3 nitrogen and oxygen atoms in total. The van der Waals surface area contributed by atoms with Crippen LogP contribution in [0.25, 0.3) is 0 Å². The van der Waals surface area contributed by atoms with Crippen molar-refractivity contribution >= 4 is 36.2 Å². The molecule has 106 valence electrons. The summed E-state index contributed by atoms with van der Waals surface area (Å²) in [7, 11) is 2.18. The number of thiazole rings is 1. The van der Waals surface area contributed by atoms with E-state index < -0.39 is 0 Å². The Labute approximate surface area is 126 Å². The van der Waals surface area contributed by atoms with E-state index >= 15 is 0 Å². The van der Waals surface area contributed by atoms with Crippen LogP contribution in [0.4, 0.5) is 0 Å². The Morgan fingerprint density at radius 1 is 1.39 bits per heavy atom. The summed E-state index contributed by atoms with van der Waals surface area (Å²) in [5.74, 6) is 0.837. The molecule has 18 heavy (non-hydrogen) atoms. The SMILES string of the molecule is Cc1nc(C)c(CN(C)C(CN)C2CC2)s1.Cl.Cl. The number of hydrogen-bond donors (Lipinski definition) is 1. The van der Waals surface area contributed by atoms with E-state index in [0.29, 0.717) is 6.04 Å². The molecule has 1 aromatic rings. The van der Waals surface area contributed by atoms with Crippen molar-refractivity contribution in [2.24, 2.45) is 11.7 Å². The molecular weight excluding hydrogens is 289 g/mol. The van der Waals surface area contributed by atoms with Gasteiger partial charge in [-0.25, -0.2) is 4.98 Å². The maximum atomic E-state index is 5.86. The summed E-state index contributed by atoms with van der Waals surface area (Å²) < 4.78 is 0. The van der Waals surface area contributed by atoms with Crippen molar-refractivity contribution in [2.75, 3.05) is 13.6 Å². The first-order valence-corrected chi connectivity index (χ1v) is 6.76. The molecule has 1 aliphatic carbocycles. The number of rotatable bonds is 5. The van der Waals surface area contributed by atoms with Crippen molar-refractivity contribution in [1.82, 2.24) is 9.88 Å². The summed E-state index contributed by atoms with van der Waals surface area (Å²) in [4.78, 5) is 8.26. The van der Waals surface area contributed by atoms with Gasteiger partial charge in [0, 0.05) is 24.0 Å². The minimum atomic E-state index is 0. The molecule has 1 unspecified atom stereocenters. The second kappa shape index (κ2) is 7.65. The van der Waals surface area contributed by atoms with Gasteiger partial charge in [0.1, 0.15) is 0 Å². The van der Waals surface area contributed by atoms with Crippen LogP contribution in [-0.2, 0) is 6.54 Å². The molecule has 1 fully saturated rings. The Hall–Kier alpha value is 0.130. The number of aromatic nitrogens is 1. The lowest BCUT2D eigenvalue weighted by Gasteiger charge is -2.26. The fourth-order valence-electron chi connectivity index (χ4n) is 2.28. The predicted molar refractivity (Wildman–Crippen MR) is 83.1 cm³/mol. The van der Waals surface area contributed by atoms with Gasteiger partial charge in [-0.3, -0.25) is 4.90 Å². The molecule has 1 heterocycles. The summed E-state index contributed by atoms with van der Waals surface area (Å²) in [6.07, 6.45) is 2.71. The summed E-state index contributed by atoms with van der Waals surface area (Å²) in [5, 5.41) is 1.16. The van der Waals surface area contributed by atoms with E-state index in [4.69, 9.17) is 5.73 Å². The second-order valence-electron chi connectivity index (χ2n) is 4.80. The number of aryl methyl sites for hydroxylation is 2. The predicted octanol–water partition coefficient (Wildman–Crippen LogP) is 2.77.